The Morgan fingerprint density at radius 2 is 1.70 bits per heavy atom. The Balaban J connectivity index is 1.52. The Morgan fingerprint density at radius 1 is 1.00 bits per heavy atom. The van der Waals surface area contributed by atoms with E-state index in [9.17, 15) is 9.59 Å². The van der Waals surface area contributed by atoms with Gasteiger partial charge in [0.05, 0.1) is 10.7 Å². The van der Waals surface area contributed by atoms with Gasteiger partial charge in [-0.2, -0.15) is 0 Å². The Morgan fingerprint density at radius 3 is 2.37 bits per heavy atom. The highest BCUT2D eigenvalue weighted by molar-refractivity contribution is 7.09. The summed E-state index contributed by atoms with van der Waals surface area (Å²) in [5.41, 5.74) is 7.48. The van der Waals surface area contributed by atoms with E-state index in [0.717, 1.165) is 16.3 Å². The maximum Gasteiger partial charge on any atom is 0.269 e. The SMILES string of the molecule is Cc1nc(COc2ccc(C(=O)NNC(=O)c3ccccc3C)cc2)cs1. The van der Waals surface area contributed by atoms with Gasteiger partial charge in [0, 0.05) is 16.5 Å². The lowest BCUT2D eigenvalue weighted by molar-refractivity contribution is 0.0846. The molecule has 0 saturated heterocycles. The second-order valence-corrected chi connectivity index (χ2v) is 6.96. The van der Waals surface area contributed by atoms with Gasteiger partial charge in [-0.25, -0.2) is 4.98 Å². The maximum atomic E-state index is 12.2. The van der Waals surface area contributed by atoms with Gasteiger partial charge in [0.1, 0.15) is 12.4 Å². The molecule has 1 aromatic heterocycles. The van der Waals surface area contributed by atoms with Gasteiger partial charge in [-0.05, 0) is 49.7 Å². The molecule has 7 heteroatoms. The molecule has 0 aliphatic rings. The van der Waals surface area contributed by atoms with Crippen LogP contribution in [0.1, 0.15) is 37.0 Å². The zero-order chi connectivity index (χ0) is 19.2. The summed E-state index contributed by atoms with van der Waals surface area (Å²) < 4.78 is 5.65. The number of nitrogens with one attached hydrogen (secondary N) is 2. The van der Waals surface area contributed by atoms with Crippen LogP contribution in [0.3, 0.4) is 0 Å². The van der Waals surface area contributed by atoms with Gasteiger partial charge in [-0.3, -0.25) is 20.4 Å². The van der Waals surface area contributed by atoms with Crippen molar-refractivity contribution in [2.75, 3.05) is 0 Å². The van der Waals surface area contributed by atoms with Crippen LogP contribution in [0.2, 0.25) is 0 Å². The van der Waals surface area contributed by atoms with Gasteiger partial charge < -0.3 is 4.74 Å². The van der Waals surface area contributed by atoms with E-state index in [1.54, 1.807) is 47.7 Å². The van der Waals surface area contributed by atoms with Gasteiger partial charge in [-0.15, -0.1) is 11.3 Å². The molecule has 27 heavy (non-hydrogen) atoms. The van der Waals surface area contributed by atoms with Crippen LogP contribution < -0.4 is 15.6 Å². The first kappa shape index (κ1) is 18.6. The van der Waals surface area contributed by atoms with E-state index < -0.39 is 5.91 Å². The molecule has 2 amide bonds. The van der Waals surface area contributed by atoms with Crippen LogP contribution in [-0.2, 0) is 6.61 Å². The van der Waals surface area contributed by atoms with Crippen molar-refractivity contribution in [3.05, 3.63) is 81.3 Å². The minimum absolute atomic E-state index is 0.361. The first-order valence-corrected chi connectivity index (χ1v) is 9.21. The van der Waals surface area contributed by atoms with E-state index in [0.29, 0.717) is 23.5 Å². The fourth-order valence-corrected chi connectivity index (χ4v) is 3.01. The molecule has 138 valence electrons. The molecule has 0 radical (unpaired) electrons. The minimum Gasteiger partial charge on any atom is -0.487 e. The first-order chi connectivity index (χ1) is 13.0. The van der Waals surface area contributed by atoms with Crippen LogP contribution >= 0.6 is 11.3 Å². The molecule has 0 atom stereocenters. The Hall–Kier alpha value is -3.19. The molecule has 0 bridgehead atoms. The average Bonchev–Trinajstić information content (AvgIpc) is 3.10. The summed E-state index contributed by atoms with van der Waals surface area (Å²) in [6.07, 6.45) is 0. The fourth-order valence-electron chi connectivity index (χ4n) is 2.42. The normalized spacial score (nSPS) is 10.3. The minimum atomic E-state index is -0.404. The largest absolute Gasteiger partial charge is 0.487 e. The van der Waals surface area contributed by atoms with E-state index in [4.69, 9.17) is 4.74 Å². The summed E-state index contributed by atoms with van der Waals surface area (Å²) in [4.78, 5) is 28.6. The summed E-state index contributed by atoms with van der Waals surface area (Å²) in [5.74, 6) is -0.125. The number of benzene rings is 2. The monoisotopic (exact) mass is 381 g/mol. The van der Waals surface area contributed by atoms with Crippen LogP contribution in [0.25, 0.3) is 0 Å². The number of rotatable bonds is 5. The van der Waals surface area contributed by atoms with Gasteiger partial charge in [-0.1, -0.05) is 18.2 Å². The zero-order valence-corrected chi connectivity index (χ0v) is 15.8. The molecule has 0 fully saturated rings. The van der Waals surface area contributed by atoms with Crippen molar-refractivity contribution >= 4 is 23.2 Å². The lowest BCUT2D eigenvalue weighted by atomic mass is 10.1. The maximum absolute atomic E-state index is 12.2. The Labute approximate surface area is 161 Å². The molecule has 3 rings (SSSR count). The first-order valence-electron chi connectivity index (χ1n) is 8.33. The fraction of sp³-hybridized carbons (Fsp3) is 0.150. The average molecular weight is 381 g/mol. The van der Waals surface area contributed by atoms with Crippen molar-refractivity contribution < 1.29 is 14.3 Å². The molecule has 0 spiro atoms. The summed E-state index contributed by atoms with van der Waals surface area (Å²) >= 11 is 1.57. The molecular formula is C20H19N3O3S. The van der Waals surface area contributed by atoms with Crippen molar-refractivity contribution in [3.63, 3.8) is 0 Å². The topological polar surface area (TPSA) is 80.3 Å². The molecule has 0 aliphatic carbocycles. The van der Waals surface area contributed by atoms with Crippen molar-refractivity contribution in [1.29, 1.82) is 0 Å². The highest BCUT2D eigenvalue weighted by Crippen LogP contribution is 2.15. The standard InChI is InChI=1S/C20H19N3O3S/c1-13-5-3-4-6-18(13)20(25)23-22-19(24)15-7-9-17(10-8-15)26-11-16-12-27-14(2)21-16/h3-10,12H,11H2,1-2H3,(H,22,24)(H,23,25). The predicted octanol–water partition coefficient (Wildman–Crippen LogP) is 3.41. The van der Waals surface area contributed by atoms with Crippen LogP contribution in [0.4, 0.5) is 0 Å². The number of ether oxygens (including phenoxy) is 1. The number of carbonyl (C=O) groups is 2. The van der Waals surface area contributed by atoms with E-state index in [1.165, 1.54) is 0 Å². The highest BCUT2D eigenvalue weighted by Gasteiger charge is 2.11. The lowest BCUT2D eigenvalue weighted by Crippen LogP contribution is -2.41. The zero-order valence-electron chi connectivity index (χ0n) is 15.0. The number of hydrogen-bond donors (Lipinski definition) is 2. The summed E-state index contributed by atoms with van der Waals surface area (Å²) in [6, 6.07) is 13.8. The van der Waals surface area contributed by atoms with Gasteiger partial charge >= 0.3 is 0 Å². The number of aromatic nitrogens is 1. The number of hydrogen-bond acceptors (Lipinski definition) is 5. The summed E-state index contributed by atoms with van der Waals surface area (Å²) in [5, 5.41) is 2.95. The van der Waals surface area contributed by atoms with E-state index in [2.05, 4.69) is 15.8 Å². The number of aryl methyl sites for hydroxylation is 2. The molecule has 2 N–H and O–H groups in total. The molecule has 2 aromatic carbocycles. The van der Waals surface area contributed by atoms with Crippen LogP contribution in [0.15, 0.2) is 53.9 Å². The van der Waals surface area contributed by atoms with E-state index >= 15 is 0 Å². The van der Waals surface area contributed by atoms with E-state index in [-0.39, 0.29) is 5.91 Å². The third kappa shape index (κ3) is 4.92. The summed E-state index contributed by atoms with van der Waals surface area (Å²) in [6.45, 7) is 4.16. The number of hydrazine groups is 1. The number of amides is 2. The van der Waals surface area contributed by atoms with Crippen molar-refractivity contribution in [1.82, 2.24) is 15.8 Å². The second-order valence-electron chi connectivity index (χ2n) is 5.89. The quantitative estimate of drug-likeness (QED) is 0.664. The third-order valence-electron chi connectivity index (χ3n) is 3.85. The molecule has 0 aliphatic heterocycles. The molecule has 3 aromatic rings. The molecule has 1 heterocycles. The number of nitrogens with zero attached hydrogens (tertiary/aromatic N) is 1. The Bertz CT molecular complexity index is 951. The smallest absolute Gasteiger partial charge is 0.269 e. The number of carbonyl (C=O) groups excluding carboxylic acids is 2. The van der Waals surface area contributed by atoms with E-state index in [1.807, 2.05) is 31.4 Å². The van der Waals surface area contributed by atoms with Crippen molar-refractivity contribution in [2.24, 2.45) is 0 Å². The van der Waals surface area contributed by atoms with Crippen LogP contribution in [0.5, 0.6) is 5.75 Å². The van der Waals surface area contributed by atoms with Crippen molar-refractivity contribution in [3.8, 4) is 5.75 Å². The third-order valence-corrected chi connectivity index (χ3v) is 4.67. The lowest BCUT2D eigenvalue weighted by Gasteiger charge is -2.10. The molecule has 0 saturated carbocycles. The van der Waals surface area contributed by atoms with Crippen molar-refractivity contribution in [2.45, 2.75) is 20.5 Å². The second kappa shape index (κ2) is 8.46. The predicted molar refractivity (Wildman–Crippen MR) is 104 cm³/mol. The van der Waals surface area contributed by atoms with Gasteiger partial charge in [0.15, 0.2) is 0 Å². The summed E-state index contributed by atoms with van der Waals surface area (Å²) in [7, 11) is 0. The molecule has 0 unspecified atom stereocenters. The Kier molecular flexibility index (Phi) is 5.83. The van der Waals surface area contributed by atoms with Gasteiger partial charge in [0.25, 0.3) is 11.8 Å². The van der Waals surface area contributed by atoms with Crippen LogP contribution in [0, 0.1) is 13.8 Å². The highest BCUT2D eigenvalue weighted by atomic mass is 32.1. The van der Waals surface area contributed by atoms with Gasteiger partial charge in [0.2, 0.25) is 0 Å². The van der Waals surface area contributed by atoms with Crippen LogP contribution in [-0.4, -0.2) is 16.8 Å². The molecule has 6 nitrogen and oxygen atoms in total. The number of thiazole rings is 1. The molecular weight excluding hydrogens is 362 g/mol.